The van der Waals surface area contributed by atoms with Gasteiger partial charge in [-0.25, -0.2) is 0 Å². The van der Waals surface area contributed by atoms with E-state index in [-0.39, 0.29) is 10.8 Å². The molecule has 2 aliphatic carbocycles. The van der Waals surface area contributed by atoms with Gasteiger partial charge in [-0.05, 0) is 196 Å². The summed E-state index contributed by atoms with van der Waals surface area (Å²) in [6.45, 7) is 9.38. The maximum atomic E-state index is 9.32. The summed E-state index contributed by atoms with van der Waals surface area (Å²) in [5.41, 5.74) is 18.7. The monoisotopic (exact) mass is 1220 g/mol. The zero-order valence-electron chi connectivity index (χ0n) is 50.5. The third-order valence-corrected chi connectivity index (χ3v) is 19.9. The number of benzene rings is 16. The van der Waals surface area contributed by atoms with Crippen molar-refractivity contribution >= 4 is 110 Å². The second-order valence-corrected chi connectivity index (χ2v) is 26.0. The lowest BCUT2D eigenvalue weighted by atomic mass is 9.81. The van der Waals surface area contributed by atoms with Crippen LogP contribution < -0.4 is 4.65 Å². The van der Waals surface area contributed by atoms with Crippen molar-refractivity contribution in [1.82, 2.24) is 0 Å². The van der Waals surface area contributed by atoms with Crippen molar-refractivity contribution in [3.8, 4) is 61.4 Å². The Kier molecular flexibility index (Phi) is 13.4. The molecule has 0 fully saturated rings. The van der Waals surface area contributed by atoms with Crippen LogP contribution in [-0.2, 0) is 10.8 Å². The molecule has 16 aromatic carbocycles. The fraction of sp³-hybridized carbons (Fsp3) is 0.0698. The van der Waals surface area contributed by atoms with E-state index in [0.29, 0.717) is 5.75 Å². The van der Waals surface area contributed by atoms with Crippen LogP contribution in [-0.4, -0.2) is 12.7 Å². The molecule has 0 spiro atoms. The van der Waals surface area contributed by atoms with E-state index in [1.54, 1.807) is 0 Å². The first-order chi connectivity index (χ1) is 44.0. The fourth-order valence-electron chi connectivity index (χ4n) is 15.2. The summed E-state index contributed by atoms with van der Waals surface area (Å²) in [5.74, 6) is 0.674. The molecule has 0 heterocycles. The molecule has 16 aromatic rings. The first-order valence-corrected chi connectivity index (χ1v) is 31.8. The highest BCUT2D eigenvalue weighted by Crippen LogP contribution is 2.54. The molecule has 0 bridgehead atoms. The summed E-state index contributed by atoms with van der Waals surface area (Å²) in [6, 6.07) is 105. The molecular weight excluding hydrogens is 1160 g/mol. The highest BCUT2D eigenvalue weighted by Gasteiger charge is 2.37. The minimum absolute atomic E-state index is 0.0460. The highest BCUT2D eigenvalue weighted by molar-refractivity contribution is 9.10. The second-order valence-electron chi connectivity index (χ2n) is 25.1. The van der Waals surface area contributed by atoms with Crippen LogP contribution >= 0.6 is 15.9 Å². The Balaban J connectivity index is 0.000000118. The van der Waals surface area contributed by atoms with Crippen LogP contribution in [0.4, 0.5) is 0 Å². The van der Waals surface area contributed by atoms with E-state index in [4.69, 9.17) is 4.65 Å². The maximum absolute atomic E-state index is 9.32. The van der Waals surface area contributed by atoms with Gasteiger partial charge < -0.3 is 9.68 Å². The predicted molar refractivity (Wildman–Crippen MR) is 387 cm³/mol. The van der Waals surface area contributed by atoms with Gasteiger partial charge in [0.05, 0.1) is 0 Å². The molecule has 427 valence electrons. The number of hydrogen-bond donors (Lipinski definition) is 1. The molecule has 18 rings (SSSR count). The average Bonchev–Trinajstić information content (AvgIpc) is 1.27. The normalized spacial score (nSPS) is 13.2. The smallest absolute Gasteiger partial charge is 0.537 e. The first kappa shape index (κ1) is 55.2. The molecule has 1 N–H and O–H groups in total. The number of halogens is 1. The number of hydrogen-bond acceptors (Lipinski definition) is 2. The molecule has 4 heteroatoms. The van der Waals surface area contributed by atoms with Gasteiger partial charge in [0.1, 0.15) is 5.75 Å². The molecule has 0 aromatic heterocycles. The molecule has 0 aliphatic heterocycles. The van der Waals surface area contributed by atoms with E-state index in [1.807, 2.05) is 36.4 Å². The summed E-state index contributed by atoms with van der Waals surface area (Å²) in [6.07, 6.45) is 0. The van der Waals surface area contributed by atoms with E-state index in [0.717, 1.165) is 33.7 Å². The summed E-state index contributed by atoms with van der Waals surface area (Å²) >= 11 is 3.60. The van der Waals surface area contributed by atoms with E-state index < -0.39 is 0 Å². The molecule has 0 unspecified atom stereocenters. The summed E-state index contributed by atoms with van der Waals surface area (Å²) in [5, 5.41) is 28.9. The van der Waals surface area contributed by atoms with Gasteiger partial charge in [0.25, 0.3) is 0 Å². The molecule has 2 aliphatic rings. The van der Waals surface area contributed by atoms with Crippen LogP contribution in [0, 0.1) is 0 Å². The lowest BCUT2D eigenvalue weighted by Crippen LogP contribution is -2.14. The minimum Gasteiger partial charge on any atom is -0.537 e. The van der Waals surface area contributed by atoms with Crippen molar-refractivity contribution < 1.29 is 9.68 Å². The molecule has 0 saturated carbocycles. The van der Waals surface area contributed by atoms with Gasteiger partial charge in [-0.15, -0.1) is 0 Å². The Morgan fingerprint density at radius 3 is 1.03 bits per heavy atom. The lowest BCUT2D eigenvalue weighted by Gasteiger charge is -2.22. The van der Waals surface area contributed by atoms with Crippen LogP contribution in [0.25, 0.3) is 142 Å². The zero-order valence-corrected chi connectivity index (χ0v) is 52.1. The highest BCUT2D eigenvalue weighted by atomic mass is 79.9. The quantitative estimate of drug-likeness (QED) is 0.137. The number of fused-ring (bicyclic) bond motifs is 14. The molecule has 1 radical (unpaired) electrons. The molecule has 2 nitrogen and oxygen atoms in total. The Morgan fingerprint density at radius 1 is 0.278 bits per heavy atom. The third-order valence-electron chi connectivity index (χ3n) is 19.4. The molecule has 90 heavy (non-hydrogen) atoms. The Bertz CT molecular complexity index is 5480. The Labute approximate surface area is 533 Å². The summed E-state index contributed by atoms with van der Waals surface area (Å²) in [4.78, 5) is 0. The van der Waals surface area contributed by atoms with Gasteiger partial charge in [0.2, 0.25) is 0 Å². The maximum Gasteiger partial charge on any atom is 0.569 e. The van der Waals surface area contributed by atoms with E-state index in [2.05, 4.69) is 298 Å². The van der Waals surface area contributed by atoms with Crippen LogP contribution in [0.15, 0.2) is 296 Å². The van der Waals surface area contributed by atoms with Crippen LogP contribution in [0.2, 0.25) is 0 Å². The topological polar surface area (TPSA) is 29.5 Å². The van der Waals surface area contributed by atoms with Crippen LogP contribution in [0.5, 0.6) is 5.75 Å². The van der Waals surface area contributed by atoms with Crippen LogP contribution in [0.1, 0.15) is 49.9 Å². The van der Waals surface area contributed by atoms with E-state index in [9.17, 15) is 5.02 Å². The van der Waals surface area contributed by atoms with Gasteiger partial charge in [-0.3, -0.25) is 0 Å². The molecule has 0 amide bonds. The molecular formula is C86H61BBrO2. The van der Waals surface area contributed by atoms with Gasteiger partial charge in [-0.2, -0.15) is 0 Å². The second kappa shape index (κ2) is 21.9. The van der Waals surface area contributed by atoms with Crippen molar-refractivity contribution in [3.05, 3.63) is 318 Å². The van der Waals surface area contributed by atoms with Gasteiger partial charge in [-0.1, -0.05) is 292 Å². The van der Waals surface area contributed by atoms with Crippen molar-refractivity contribution in [1.29, 1.82) is 0 Å². The van der Waals surface area contributed by atoms with Gasteiger partial charge >= 0.3 is 7.69 Å². The van der Waals surface area contributed by atoms with Crippen molar-refractivity contribution in [3.63, 3.8) is 0 Å². The van der Waals surface area contributed by atoms with Crippen LogP contribution in [0.3, 0.4) is 0 Å². The lowest BCUT2D eigenvalue weighted by molar-refractivity contribution is 0.459. The summed E-state index contributed by atoms with van der Waals surface area (Å²) < 4.78 is 6.69. The van der Waals surface area contributed by atoms with E-state index >= 15 is 0 Å². The van der Waals surface area contributed by atoms with Crippen molar-refractivity contribution in [2.45, 2.75) is 38.5 Å². The number of rotatable bonds is 5. The fourth-order valence-corrected chi connectivity index (χ4v) is 15.5. The van der Waals surface area contributed by atoms with Crippen molar-refractivity contribution in [2.24, 2.45) is 0 Å². The molecule has 0 saturated heterocycles. The third kappa shape index (κ3) is 8.95. The van der Waals surface area contributed by atoms with Gasteiger partial charge in [0, 0.05) is 26.1 Å². The average molecular weight is 1220 g/mol. The zero-order chi connectivity index (χ0) is 60.8. The minimum atomic E-state index is -0.0460. The SMILES string of the molecule is CC1(C)c2ccc(-c3c4ccccc4c(-c4cccc5ccccc45)c4ccccc34)cc2-c2cc3ccccc3cc21.CC1(C)c2ccc(Br)cc2-c2cc3ccccc3cc21.O[B]Oc1c2ccccc2c(-c2cccc3ccccc23)c2ccccc12. The Morgan fingerprint density at radius 2 is 0.600 bits per heavy atom. The predicted octanol–water partition coefficient (Wildman–Crippen LogP) is 23.6. The van der Waals surface area contributed by atoms with E-state index in [1.165, 1.54) is 143 Å². The summed E-state index contributed by atoms with van der Waals surface area (Å²) in [7, 11) is 0.756. The standard InChI is InChI=1S/C43H30.C24H16BO2.C19H15Br/c1-43(2)39-23-22-30(25-37(39)38-24-28-13-3-4-14-29(28)26-40(38)43)41-33-17-7-9-19-35(33)42(36-20-10-8-18-34(36)41)32-21-11-15-27-12-5-6-16-31(27)32;26-25-27-24-21-13-5-3-11-19(21)23(20-12-4-6-14-22(20)24)18-15-7-9-16-8-1-2-10-17(16)18;1-19(2)17-8-7-14(20)11-16(17)15-9-12-5-3-4-6-13(12)10-18(15)19/h3-26H,1-2H3;1-15,26H;3-11H,1-2H3. The van der Waals surface area contributed by atoms with Crippen molar-refractivity contribution in [2.75, 3.05) is 0 Å². The first-order valence-electron chi connectivity index (χ1n) is 31.0. The largest absolute Gasteiger partial charge is 0.569 e. The molecule has 0 atom stereocenters. The van der Waals surface area contributed by atoms with Gasteiger partial charge in [0.15, 0.2) is 0 Å². The Hall–Kier alpha value is -10.1.